The molecule has 1 aliphatic carbocycles. The van der Waals surface area contributed by atoms with Gasteiger partial charge in [0, 0.05) is 18.9 Å². The second-order valence-electron chi connectivity index (χ2n) is 5.05. The van der Waals surface area contributed by atoms with Gasteiger partial charge < -0.3 is 11.1 Å². The molecule has 19 heavy (non-hydrogen) atoms. The lowest BCUT2D eigenvalue weighted by molar-refractivity contribution is -0.129. The number of aromatic nitrogens is 1. The first kappa shape index (κ1) is 13.9. The number of nitrogens with two attached hydrogens (primary N) is 1. The highest BCUT2D eigenvalue weighted by atomic mass is 32.1. The third-order valence-corrected chi connectivity index (χ3v) is 4.18. The predicted molar refractivity (Wildman–Crippen MR) is 78.4 cm³/mol. The van der Waals surface area contributed by atoms with Crippen LogP contribution in [0.4, 0.5) is 0 Å². The van der Waals surface area contributed by atoms with Gasteiger partial charge in [-0.15, -0.1) is 0 Å². The lowest BCUT2D eigenvalue weighted by Crippen LogP contribution is -2.49. The van der Waals surface area contributed by atoms with Crippen molar-refractivity contribution in [3.63, 3.8) is 0 Å². The van der Waals surface area contributed by atoms with Gasteiger partial charge in [0.25, 0.3) is 0 Å². The minimum Gasteiger partial charge on any atom is -0.392 e. The van der Waals surface area contributed by atoms with Crippen LogP contribution in [0.2, 0.25) is 0 Å². The molecule has 0 radical (unpaired) electrons. The zero-order valence-electron chi connectivity index (χ0n) is 10.9. The molecule has 1 aromatic heterocycles. The maximum Gasteiger partial charge on any atom is 0.233 e. The van der Waals surface area contributed by atoms with E-state index in [1.54, 1.807) is 12.4 Å². The maximum atomic E-state index is 12.4. The highest BCUT2D eigenvalue weighted by Crippen LogP contribution is 2.37. The van der Waals surface area contributed by atoms with Crippen LogP contribution in [-0.4, -0.2) is 15.9 Å². The van der Waals surface area contributed by atoms with E-state index in [1.165, 1.54) is 0 Å². The Morgan fingerprint density at radius 3 is 2.74 bits per heavy atom. The molecule has 1 heterocycles. The molecule has 0 bridgehead atoms. The molecule has 0 aliphatic heterocycles. The van der Waals surface area contributed by atoms with Crippen molar-refractivity contribution in [2.45, 2.75) is 38.6 Å². The van der Waals surface area contributed by atoms with Gasteiger partial charge in [0.2, 0.25) is 5.91 Å². The molecule has 102 valence electrons. The topological polar surface area (TPSA) is 68.0 Å². The fourth-order valence-electron chi connectivity index (χ4n) is 2.59. The van der Waals surface area contributed by atoms with Crippen molar-refractivity contribution in [2.75, 3.05) is 0 Å². The van der Waals surface area contributed by atoms with Gasteiger partial charge in [0.15, 0.2) is 0 Å². The van der Waals surface area contributed by atoms with Crippen molar-refractivity contribution in [3.8, 4) is 0 Å². The second kappa shape index (κ2) is 6.10. The Balaban J connectivity index is 2.02. The lowest BCUT2D eigenvalue weighted by atomic mass is 9.73. The van der Waals surface area contributed by atoms with Gasteiger partial charge in [-0.05, 0) is 24.5 Å². The van der Waals surface area contributed by atoms with Crippen LogP contribution in [0.5, 0.6) is 0 Å². The number of pyridine rings is 1. The molecule has 0 aromatic carbocycles. The smallest absolute Gasteiger partial charge is 0.233 e. The first-order valence-electron chi connectivity index (χ1n) is 6.62. The van der Waals surface area contributed by atoms with Crippen LogP contribution in [0.3, 0.4) is 0 Å². The Morgan fingerprint density at radius 1 is 1.42 bits per heavy atom. The summed E-state index contributed by atoms with van der Waals surface area (Å²) in [6.45, 7) is 0.469. The first-order chi connectivity index (χ1) is 9.15. The molecule has 1 amide bonds. The van der Waals surface area contributed by atoms with E-state index < -0.39 is 5.41 Å². The Labute approximate surface area is 118 Å². The number of carbonyl (C=O) groups is 1. The Morgan fingerprint density at radius 2 is 2.16 bits per heavy atom. The summed E-state index contributed by atoms with van der Waals surface area (Å²) in [4.78, 5) is 16.8. The highest BCUT2D eigenvalue weighted by molar-refractivity contribution is 7.80. The molecule has 5 heteroatoms. The third-order valence-electron chi connectivity index (χ3n) is 3.79. The Kier molecular flexibility index (Phi) is 4.47. The predicted octanol–water partition coefficient (Wildman–Crippen LogP) is 1.93. The molecule has 0 unspecified atom stereocenters. The molecule has 3 N–H and O–H groups in total. The molecule has 0 atom stereocenters. The van der Waals surface area contributed by atoms with Crippen LogP contribution in [0.1, 0.15) is 37.7 Å². The van der Waals surface area contributed by atoms with Crippen LogP contribution in [0.15, 0.2) is 24.5 Å². The Bertz CT molecular complexity index is 455. The van der Waals surface area contributed by atoms with E-state index in [0.29, 0.717) is 11.5 Å². The molecule has 1 aliphatic rings. The van der Waals surface area contributed by atoms with Gasteiger partial charge in [0.1, 0.15) is 0 Å². The normalized spacial score (nSPS) is 17.7. The van der Waals surface area contributed by atoms with Crippen molar-refractivity contribution in [1.82, 2.24) is 10.3 Å². The van der Waals surface area contributed by atoms with Crippen LogP contribution in [0, 0.1) is 5.41 Å². The zero-order chi connectivity index (χ0) is 13.7. The second-order valence-corrected chi connectivity index (χ2v) is 5.49. The number of thiocarbonyl (C=S) groups is 1. The summed E-state index contributed by atoms with van der Waals surface area (Å²) in [5, 5.41) is 2.94. The molecular weight excluding hydrogens is 258 g/mol. The molecule has 1 saturated carbocycles. The van der Waals surface area contributed by atoms with E-state index in [9.17, 15) is 4.79 Å². The SMILES string of the molecule is NC(=S)C1(C(=O)NCc2cccnc2)CCCCC1. The largest absolute Gasteiger partial charge is 0.392 e. The summed E-state index contributed by atoms with van der Waals surface area (Å²) in [5.41, 5.74) is 6.16. The number of nitrogens with one attached hydrogen (secondary N) is 1. The summed E-state index contributed by atoms with van der Waals surface area (Å²) in [6.07, 6.45) is 8.16. The number of hydrogen-bond donors (Lipinski definition) is 2. The Hall–Kier alpha value is -1.49. The van der Waals surface area contributed by atoms with Crippen LogP contribution in [0.25, 0.3) is 0 Å². The number of rotatable bonds is 4. The lowest BCUT2D eigenvalue weighted by Gasteiger charge is -2.34. The first-order valence-corrected chi connectivity index (χ1v) is 7.03. The van der Waals surface area contributed by atoms with E-state index in [2.05, 4.69) is 10.3 Å². The van der Waals surface area contributed by atoms with Gasteiger partial charge in [-0.25, -0.2) is 0 Å². The number of carbonyl (C=O) groups excluding carboxylic acids is 1. The van der Waals surface area contributed by atoms with Crippen LogP contribution in [-0.2, 0) is 11.3 Å². The van der Waals surface area contributed by atoms with Crippen molar-refractivity contribution >= 4 is 23.1 Å². The van der Waals surface area contributed by atoms with E-state index in [1.807, 2.05) is 12.1 Å². The molecule has 0 spiro atoms. The summed E-state index contributed by atoms with van der Waals surface area (Å²) in [6, 6.07) is 3.78. The molecule has 2 rings (SSSR count). The van der Waals surface area contributed by atoms with Crippen molar-refractivity contribution in [3.05, 3.63) is 30.1 Å². The van der Waals surface area contributed by atoms with Gasteiger partial charge in [-0.1, -0.05) is 37.5 Å². The van der Waals surface area contributed by atoms with Crippen LogP contribution < -0.4 is 11.1 Å². The van der Waals surface area contributed by atoms with E-state index in [4.69, 9.17) is 18.0 Å². The average molecular weight is 277 g/mol. The van der Waals surface area contributed by atoms with E-state index in [0.717, 1.165) is 37.7 Å². The number of nitrogens with zero attached hydrogens (tertiary/aromatic N) is 1. The van der Waals surface area contributed by atoms with Gasteiger partial charge in [-0.3, -0.25) is 9.78 Å². The minimum atomic E-state index is -0.643. The fraction of sp³-hybridized carbons (Fsp3) is 0.500. The van der Waals surface area contributed by atoms with Gasteiger partial charge in [0.05, 0.1) is 10.4 Å². The molecule has 0 saturated heterocycles. The summed E-state index contributed by atoms with van der Waals surface area (Å²) in [5.74, 6) is -0.0384. The average Bonchev–Trinajstić information content (AvgIpc) is 2.46. The van der Waals surface area contributed by atoms with Gasteiger partial charge in [-0.2, -0.15) is 0 Å². The highest BCUT2D eigenvalue weighted by Gasteiger charge is 2.42. The molecule has 1 aromatic rings. The van der Waals surface area contributed by atoms with Crippen molar-refractivity contribution < 1.29 is 4.79 Å². The summed E-state index contributed by atoms with van der Waals surface area (Å²) < 4.78 is 0. The molecule has 1 fully saturated rings. The molecule has 4 nitrogen and oxygen atoms in total. The summed E-state index contributed by atoms with van der Waals surface area (Å²) >= 11 is 5.14. The van der Waals surface area contributed by atoms with E-state index >= 15 is 0 Å². The monoisotopic (exact) mass is 277 g/mol. The minimum absolute atomic E-state index is 0.0384. The fourth-order valence-corrected chi connectivity index (χ4v) is 2.89. The number of hydrogen-bond acceptors (Lipinski definition) is 3. The third kappa shape index (κ3) is 3.10. The number of amides is 1. The quantitative estimate of drug-likeness (QED) is 0.825. The van der Waals surface area contributed by atoms with Crippen molar-refractivity contribution in [2.24, 2.45) is 11.1 Å². The van der Waals surface area contributed by atoms with E-state index in [-0.39, 0.29) is 5.91 Å². The standard InChI is InChI=1S/C14H19N3OS/c15-12(19)14(6-2-1-3-7-14)13(18)17-10-11-5-4-8-16-9-11/h4-5,8-9H,1-3,6-7,10H2,(H2,15,19)(H,17,18). The zero-order valence-corrected chi connectivity index (χ0v) is 11.7. The van der Waals surface area contributed by atoms with Crippen molar-refractivity contribution in [1.29, 1.82) is 0 Å². The molecular formula is C14H19N3OS. The summed E-state index contributed by atoms with van der Waals surface area (Å²) in [7, 11) is 0. The van der Waals surface area contributed by atoms with Gasteiger partial charge >= 0.3 is 0 Å². The van der Waals surface area contributed by atoms with Crippen LogP contribution >= 0.6 is 12.2 Å². The maximum absolute atomic E-state index is 12.4.